The average molecular weight is 352 g/mol. The lowest BCUT2D eigenvalue weighted by atomic mass is 10.0. The van der Waals surface area contributed by atoms with E-state index in [4.69, 9.17) is 4.74 Å². The maximum atomic E-state index is 6.31. The van der Waals surface area contributed by atoms with Crippen LogP contribution in [0.15, 0.2) is 47.4 Å². The molecular formula is C19H20N4OS. The van der Waals surface area contributed by atoms with Crippen LogP contribution in [0.1, 0.15) is 17.9 Å². The van der Waals surface area contributed by atoms with E-state index in [0.29, 0.717) is 6.61 Å². The van der Waals surface area contributed by atoms with E-state index < -0.39 is 0 Å². The molecule has 1 atom stereocenters. The van der Waals surface area contributed by atoms with Crippen molar-refractivity contribution in [1.82, 2.24) is 19.4 Å². The molecule has 25 heavy (non-hydrogen) atoms. The highest BCUT2D eigenvalue weighted by Gasteiger charge is 2.43. The number of ether oxygens (including phenoxy) is 1. The Hall–Kier alpha value is -2.02. The highest BCUT2D eigenvalue weighted by molar-refractivity contribution is 7.08. The zero-order valence-corrected chi connectivity index (χ0v) is 14.8. The highest BCUT2D eigenvalue weighted by atomic mass is 32.1. The van der Waals surface area contributed by atoms with E-state index in [1.807, 2.05) is 18.5 Å². The Kier molecular flexibility index (Phi) is 3.69. The fourth-order valence-electron chi connectivity index (χ4n) is 3.93. The molecule has 1 spiro atoms. The Balaban J connectivity index is 1.36. The van der Waals surface area contributed by atoms with Crippen molar-refractivity contribution < 1.29 is 4.74 Å². The summed E-state index contributed by atoms with van der Waals surface area (Å²) in [5.41, 5.74) is 3.48. The van der Waals surface area contributed by atoms with Crippen molar-refractivity contribution in [1.29, 1.82) is 0 Å². The Morgan fingerprint density at radius 1 is 1.20 bits per heavy atom. The van der Waals surface area contributed by atoms with Crippen molar-refractivity contribution in [2.75, 3.05) is 13.1 Å². The molecule has 1 saturated heterocycles. The highest BCUT2D eigenvalue weighted by Crippen LogP contribution is 2.35. The molecule has 2 aliphatic rings. The van der Waals surface area contributed by atoms with E-state index in [9.17, 15) is 0 Å². The summed E-state index contributed by atoms with van der Waals surface area (Å²) < 4.78 is 8.67. The number of nitrogens with zero attached hydrogens (tertiary/aromatic N) is 4. The van der Waals surface area contributed by atoms with Crippen molar-refractivity contribution in [2.24, 2.45) is 0 Å². The van der Waals surface area contributed by atoms with E-state index in [0.717, 1.165) is 44.1 Å². The molecule has 0 aliphatic carbocycles. The van der Waals surface area contributed by atoms with Crippen LogP contribution < -0.4 is 0 Å². The van der Waals surface area contributed by atoms with Crippen LogP contribution >= 0.6 is 11.3 Å². The van der Waals surface area contributed by atoms with Crippen LogP contribution in [0, 0.1) is 0 Å². The molecule has 2 aliphatic heterocycles. The molecule has 0 amide bonds. The van der Waals surface area contributed by atoms with Crippen LogP contribution in [0.3, 0.4) is 0 Å². The topological polar surface area (TPSA) is 43.2 Å². The predicted molar refractivity (Wildman–Crippen MR) is 97.2 cm³/mol. The number of imidazole rings is 1. The lowest BCUT2D eigenvalue weighted by Crippen LogP contribution is -2.44. The number of fused-ring (bicyclic) bond motifs is 1. The van der Waals surface area contributed by atoms with Gasteiger partial charge in [0.05, 0.1) is 24.1 Å². The summed E-state index contributed by atoms with van der Waals surface area (Å²) >= 11 is 1.73. The molecule has 0 radical (unpaired) electrons. The molecule has 0 bridgehead atoms. The van der Waals surface area contributed by atoms with Gasteiger partial charge in [0, 0.05) is 36.8 Å². The average Bonchev–Trinajstić information content (AvgIpc) is 3.36. The first kappa shape index (κ1) is 15.3. The van der Waals surface area contributed by atoms with Crippen LogP contribution in [0.5, 0.6) is 0 Å². The van der Waals surface area contributed by atoms with Gasteiger partial charge >= 0.3 is 0 Å². The molecule has 0 N–H and O–H groups in total. The Labute approximate surface area is 150 Å². The molecule has 3 aromatic rings. The molecule has 6 heteroatoms. The summed E-state index contributed by atoms with van der Waals surface area (Å²) in [7, 11) is 0. The van der Waals surface area contributed by atoms with Gasteiger partial charge in [0.2, 0.25) is 0 Å². The molecule has 128 valence electrons. The molecule has 5 heterocycles. The van der Waals surface area contributed by atoms with Gasteiger partial charge in [-0.3, -0.25) is 9.88 Å². The van der Waals surface area contributed by atoms with E-state index in [1.54, 1.807) is 11.3 Å². The van der Waals surface area contributed by atoms with Gasteiger partial charge in [-0.15, -0.1) is 0 Å². The maximum Gasteiger partial charge on any atom is 0.135 e. The Bertz CT molecular complexity index is 861. The van der Waals surface area contributed by atoms with Crippen molar-refractivity contribution in [3.63, 3.8) is 0 Å². The Morgan fingerprint density at radius 3 is 3.04 bits per heavy atom. The van der Waals surface area contributed by atoms with Crippen molar-refractivity contribution in [3.8, 4) is 11.3 Å². The Morgan fingerprint density at radius 2 is 2.20 bits per heavy atom. The summed E-state index contributed by atoms with van der Waals surface area (Å²) in [6, 6.07) is 8.27. The van der Waals surface area contributed by atoms with Gasteiger partial charge in [-0.05, 0) is 30.0 Å². The second kappa shape index (κ2) is 6.05. The quantitative estimate of drug-likeness (QED) is 0.726. The van der Waals surface area contributed by atoms with Gasteiger partial charge in [0.25, 0.3) is 0 Å². The summed E-state index contributed by atoms with van der Waals surface area (Å²) in [5.74, 6) is 1.04. The normalized spacial score (nSPS) is 23.2. The van der Waals surface area contributed by atoms with E-state index in [1.165, 1.54) is 11.3 Å². The van der Waals surface area contributed by atoms with Gasteiger partial charge < -0.3 is 9.30 Å². The van der Waals surface area contributed by atoms with Gasteiger partial charge in [0.1, 0.15) is 18.0 Å². The zero-order valence-electron chi connectivity index (χ0n) is 14.0. The first-order valence-electron chi connectivity index (χ1n) is 8.65. The SMILES string of the molecule is c1ccc(CN2CC[C@@]3(C2)Cn2c(-c4ccsc4)cnc2CO3)nc1. The lowest BCUT2D eigenvalue weighted by Gasteiger charge is -2.35. The van der Waals surface area contributed by atoms with Crippen LogP contribution in [0.4, 0.5) is 0 Å². The molecule has 0 saturated carbocycles. The third-order valence-electron chi connectivity index (χ3n) is 5.22. The third kappa shape index (κ3) is 2.80. The molecule has 5 rings (SSSR count). The van der Waals surface area contributed by atoms with Gasteiger partial charge in [-0.1, -0.05) is 6.07 Å². The largest absolute Gasteiger partial charge is 0.364 e. The molecule has 0 aromatic carbocycles. The third-order valence-corrected chi connectivity index (χ3v) is 5.90. The van der Waals surface area contributed by atoms with Crippen LogP contribution in [0.2, 0.25) is 0 Å². The lowest BCUT2D eigenvalue weighted by molar-refractivity contribution is -0.0821. The van der Waals surface area contributed by atoms with Gasteiger partial charge in [-0.2, -0.15) is 11.3 Å². The first-order chi connectivity index (χ1) is 12.3. The van der Waals surface area contributed by atoms with Crippen LogP contribution in [-0.4, -0.2) is 38.1 Å². The predicted octanol–water partition coefficient (Wildman–Crippen LogP) is 3.18. The number of hydrogen-bond acceptors (Lipinski definition) is 5. The van der Waals surface area contributed by atoms with Crippen molar-refractivity contribution in [3.05, 3.63) is 58.9 Å². The smallest absolute Gasteiger partial charge is 0.135 e. The second-order valence-electron chi connectivity index (χ2n) is 6.91. The second-order valence-corrected chi connectivity index (χ2v) is 7.69. The first-order valence-corrected chi connectivity index (χ1v) is 9.59. The number of thiophene rings is 1. The molecule has 0 unspecified atom stereocenters. The monoisotopic (exact) mass is 352 g/mol. The van der Waals surface area contributed by atoms with E-state index >= 15 is 0 Å². The number of aromatic nitrogens is 3. The number of rotatable bonds is 3. The molecule has 1 fully saturated rings. The standard InChI is InChI=1S/C19H20N4OS/c1-2-6-20-16(3-1)10-22-7-5-19(13-22)14-23-17(15-4-8-25-12-15)9-21-18(23)11-24-19/h1-4,6,8-9,12H,5,7,10-11,13-14H2/t19-/m1/s1. The summed E-state index contributed by atoms with van der Waals surface area (Å²) in [6.45, 7) is 4.37. The zero-order chi connectivity index (χ0) is 16.7. The molecule has 3 aromatic heterocycles. The minimum atomic E-state index is -0.104. The number of pyridine rings is 1. The summed E-state index contributed by atoms with van der Waals surface area (Å²) in [6.07, 6.45) is 4.91. The van der Waals surface area contributed by atoms with Crippen LogP contribution in [-0.2, 0) is 24.4 Å². The van der Waals surface area contributed by atoms with Gasteiger partial charge in [0.15, 0.2) is 0 Å². The molecule has 5 nitrogen and oxygen atoms in total. The maximum absolute atomic E-state index is 6.31. The van der Waals surface area contributed by atoms with E-state index in [2.05, 4.69) is 48.4 Å². The summed E-state index contributed by atoms with van der Waals surface area (Å²) in [4.78, 5) is 11.5. The minimum absolute atomic E-state index is 0.104. The van der Waals surface area contributed by atoms with Crippen LogP contribution in [0.25, 0.3) is 11.3 Å². The fourth-order valence-corrected chi connectivity index (χ4v) is 4.58. The van der Waals surface area contributed by atoms with Gasteiger partial charge in [-0.25, -0.2) is 4.98 Å². The molecular weight excluding hydrogens is 332 g/mol. The van der Waals surface area contributed by atoms with Crippen molar-refractivity contribution >= 4 is 11.3 Å². The minimum Gasteiger partial charge on any atom is -0.364 e. The van der Waals surface area contributed by atoms with Crippen molar-refractivity contribution in [2.45, 2.75) is 31.7 Å². The number of hydrogen-bond donors (Lipinski definition) is 0. The fraction of sp³-hybridized carbons (Fsp3) is 0.368. The number of likely N-dealkylation sites (tertiary alicyclic amines) is 1. The van der Waals surface area contributed by atoms with E-state index in [-0.39, 0.29) is 5.60 Å². The summed E-state index contributed by atoms with van der Waals surface area (Å²) in [5, 5.41) is 4.31.